The summed E-state index contributed by atoms with van der Waals surface area (Å²) in [7, 11) is 0. The zero-order valence-electron chi connectivity index (χ0n) is 12.1. The van der Waals surface area contributed by atoms with Crippen molar-refractivity contribution in [3.63, 3.8) is 0 Å². The molecule has 0 spiro atoms. The maximum absolute atomic E-state index is 12.5. The zero-order valence-corrected chi connectivity index (χ0v) is 13.0. The predicted octanol–water partition coefficient (Wildman–Crippen LogP) is 2.12. The summed E-state index contributed by atoms with van der Waals surface area (Å²) in [5.41, 5.74) is 2.33. The van der Waals surface area contributed by atoms with Gasteiger partial charge >= 0.3 is 0 Å². The molecule has 3 aromatic rings. The highest BCUT2D eigenvalue weighted by Gasteiger charge is 2.31. The number of amides is 1. The van der Waals surface area contributed by atoms with Crippen LogP contribution in [0.5, 0.6) is 0 Å². The van der Waals surface area contributed by atoms with Gasteiger partial charge in [-0.15, -0.1) is 11.3 Å². The second-order valence-corrected chi connectivity index (χ2v) is 6.42. The van der Waals surface area contributed by atoms with Crippen LogP contribution < -0.4 is 0 Å². The molecule has 6 nitrogen and oxygen atoms in total. The lowest BCUT2D eigenvalue weighted by molar-refractivity contribution is 0.0784. The highest BCUT2D eigenvalue weighted by Crippen LogP contribution is 2.31. The van der Waals surface area contributed by atoms with Gasteiger partial charge in [0.05, 0.1) is 17.6 Å². The van der Waals surface area contributed by atoms with Gasteiger partial charge in [0.1, 0.15) is 16.9 Å². The van der Waals surface area contributed by atoms with E-state index in [0.29, 0.717) is 18.2 Å². The van der Waals surface area contributed by atoms with Gasteiger partial charge in [0.15, 0.2) is 0 Å². The lowest BCUT2D eigenvalue weighted by Crippen LogP contribution is -2.29. The Kier molecular flexibility index (Phi) is 3.15. The number of aromatic nitrogens is 4. The van der Waals surface area contributed by atoms with E-state index in [1.165, 1.54) is 4.83 Å². The van der Waals surface area contributed by atoms with Crippen molar-refractivity contribution >= 4 is 22.1 Å². The summed E-state index contributed by atoms with van der Waals surface area (Å²) >= 11 is 1.69. The van der Waals surface area contributed by atoms with Gasteiger partial charge in [-0.2, -0.15) is 0 Å². The topological polar surface area (TPSA) is 63.4 Å². The molecule has 1 fully saturated rings. The smallest absolute Gasteiger partial charge is 0.274 e. The molecule has 1 aliphatic heterocycles. The lowest BCUT2D eigenvalue weighted by atomic mass is 10.1. The quantitative estimate of drug-likeness (QED) is 0.727. The molecule has 22 heavy (non-hydrogen) atoms. The molecule has 0 aromatic carbocycles. The summed E-state index contributed by atoms with van der Waals surface area (Å²) in [6.07, 6.45) is 7.98. The van der Waals surface area contributed by atoms with Gasteiger partial charge in [0.2, 0.25) is 0 Å². The van der Waals surface area contributed by atoms with Gasteiger partial charge in [-0.05, 0) is 13.3 Å². The van der Waals surface area contributed by atoms with E-state index < -0.39 is 0 Å². The van der Waals surface area contributed by atoms with Gasteiger partial charge in [-0.3, -0.25) is 14.2 Å². The van der Waals surface area contributed by atoms with Crippen LogP contribution in [-0.2, 0) is 0 Å². The van der Waals surface area contributed by atoms with Crippen LogP contribution in [0.15, 0.2) is 30.3 Å². The largest absolute Gasteiger partial charge is 0.337 e. The fraction of sp³-hybridized carbons (Fsp3) is 0.333. The molecular formula is C15H15N5OS. The summed E-state index contributed by atoms with van der Waals surface area (Å²) in [5, 5.41) is 2.06. The Balaban J connectivity index is 1.54. The van der Waals surface area contributed by atoms with Crippen molar-refractivity contribution in [2.45, 2.75) is 19.3 Å². The minimum atomic E-state index is -0.0448. The molecule has 4 rings (SSSR count). The number of hydrogen-bond acceptors (Lipinski definition) is 5. The standard InChI is InChI=1S/C15H15N5OS/c1-10-6-17-12(7-16-10)14(21)19-3-2-11(8-19)13-15-20(9-18-13)4-5-22-15/h4-7,9,11H,2-3,8H2,1H3. The van der Waals surface area contributed by atoms with Crippen LogP contribution in [-0.4, -0.2) is 43.2 Å². The second kappa shape index (κ2) is 5.17. The number of nitrogens with zero attached hydrogens (tertiary/aromatic N) is 5. The van der Waals surface area contributed by atoms with Crippen LogP contribution in [0.3, 0.4) is 0 Å². The average Bonchev–Trinajstić information content (AvgIpc) is 3.23. The molecule has 0 bridgehead atoms. The Labute approximate surface area is 131 Å². The maximum Gasteiger partial charge on any atom is 0.274 e. The van der Waals surface area contributed by atoms with E-state index in [2.05, 4.69) is 20.3 Å². The van der Waals surface area contributed by atoms with Crippen molar-refractivity contribution in [3.05, 3.63) is 47.4 Å². The van der Waals surface area contributed by atoms with Crippen LogP contribution in [0.2, 0.25) is 0 Å². The van der Waals surface area contributed by atoms with E-state index in [1.807, 2.05) is 28.7 Å². The van der Waals surface area contributed by atoms with Crippen LogP contribution in [0.4, 0.5) is 0 Å². The minimum Gasteiger partial charge on any atom is -0.337 e. The molecule has 4 heterocycles. The first-order valence-electron chi connectivity index (χ1n) is 7.20. The Morgan fingerprint density at radius 2 is 2.23 bits per heavy atom. The third-order valence-electron chi connectivity index (χ3n) is 4.04. The fourth-order valence-corrected chi connectivity index (χ4v) is 3.76. The summed E-state index contributed by atoms with van der Waals surface area (Å²) in [5.74, 6) is 0.252. The molecule has 1 aliphatic rings. The maximum atomic E-state index is 12.5. The Bertz CT molecular complexity index is 822. The molecule has 3 aromatic heterocycles. The van der Waals surface area contributed by atoms with Crippen molar-refractivity contribution in [2.75, 3.05) is 13.1 Å². The Morgan fingerprint density at radius 3 is 3.05 bits per heavy atom. The molecule has 0 aliphatic carbocycles. The van der Waals surface area contributed by atoms with E-state index >= 15 is 0 Å². The number of carbonyl (C=O) groups is 1. The number of likely N-dealkylation sites (tertiary alicyclic amines) is 1. The van der Waals surface area contributed by atoms with Gasteiger partial charge < -0.3 is 4.90 Å². The summed E-state index contributed by atoms with van der Waals surface area (Å²) in [6, 6.07) is 0. The first kappa shape index (κ1) is 13.4. The first-order valence-corrected chi connectivity index (χ1v) is 8.08. The molecule has 1 atom stereocenters. The number of fused-ring (bicyclic) bond motifs is 1. The van der Waals surface area contributed by atoms with E-state index in [4.69, 9.17) is 0 Å². The summed E-state index contributed by atoms with van der Waals surface area (Å²) in [4.78, 5) is 28.4. The van der Waals surface area contributed by atoms with Crippen LogP contribution in [0.1, 0.15) is 34.2 Å². The van der Waals surface area contributed by atoms with Crippen molar-refractivity contribution < 1.29 is 4.79 Å². The van der Waals surface area contributed by atoms with E-state index in [1.54, 1.807) is 23.7 Å². The molecule has 0 saturated carbocycles. The van der Waals surface area contributed by atoms with E-state index in [9.17, 15) is 4.79 Å². The van der Waals surface area contributed by atoms with Gasteiger partial charge in [0.25, 0.3) is 5.91 Å². The number of rotatable bonds is 2. The highest BCUT2D eigenvalue weighted by molar-refractivity contribution is 7.15. The Hall–Kier alpha value is -2.28. The van der Waals surface area contributed by atoms with Gasteiger partial charge in [-0.25, -0.2) is 9.97 Å². The minimum absolute atomic E-state index is 0.0448. The number of thiazole rings is 1. The van der Waals surface area contributed by atoms with Crippen LogP contribution in [0.25, 0.3) is 4.83 Å². The monoisotopic (exact) mass is 313 g/mol. The number of imidazole rings is 1. The molecule has 1 unspecified atom stereocenters. The van der Waals surface area contributed by atoms with Crippen molar-refractivity contribution in [1.29, 1.82) is 0 Å². The third kappa shape index (κ3) is 2.18. The molecule has 1 saturated heterocycles. The van der Waals surface area contributed by atoms with Crippen molar-refractivity contribution in [3.8, 4) is 0 Å². The number of aryl methyl sites for hydroxylation is 1. The van der Waals surface area contributed by atoms with Crippen LogP contribution in [0, 0.1) is 6.92 Å². The number of hydrogen-bond donors (Lipinski definition) is 0. The second-order valence-electron chi connectivity index (χ2n) is 5.53. The predicted molar refractivity (Wildman–Crippen MR) is 83.1 cm³/mol. The van der Waals surface area contributed by atoms with Gasteiger partial charge in [0, 0.05) is 36.8 Å². The highest BCUT2D eigenvalue weighted by atomic mass is 32.1. The molecule has 112 valence electrons. The van der Waals surface area contributed by atoms with Crippen molar-refractivity contribution in [2.24, 2.45) is 0 Å². The molecule has 0 radical (unpaired) electrons. The summed E-state index contributed by atoms with van der Waals surface area (Å²) in [6.45, 7) is 3.29. The first-order chi connectivity index (χ1) is 10.7. The molecule has 0 N–H and O–H groups in total. The zero-order chi connectivity index (χ0) is 15.1. The molecular weight excluding hydrogens is 298 g/mol. The summed E-state index contributed by atoms with van der Waals surface area (Å²) < 4.78 is 2.04. The number of carbonyl (C=O) groups excluding carboxylic acids is 1. The van der Waals surface area contributed by atoms with Gasteiger partial charge in [-0.1, -0.05) is 0 Å². The fourth-order valence-electron chi connectivity index (χ4n) is 2.87. The van der Waals surface area contributed by atoms with Crippen LogP contribution >= 0.6 is 11.3 Å². The average molecular weight is 313 g/mol. The van der Waals surface area contributed by atoms with E-state index in [-0.39, 0.29) is 5.91 Å². The lowest BCUT2D eigenvalue weighted by Gasteiger charge is -2.15. The normalized spacial score (nSPS) is 18.2. The Morgan fingerprint density at radius 1 is 1.32 bits per heavy atom. The molecule has 7 heteroatoms. The SMILES string of the molecule is Cc1cnc(C(=O)N2CCC(c3ncn4ccsc34)C2)cn1. The van der Waals surface area contributed by atoms with E-state index in [0.717, 1.165) is 24.4 Å². The molecule has 1 amide bonds. The third-order valence-corrected chi connectivity index (χ3v) is 4.94. The van der Waals surface area contributed by atoms with Crippen molar-refractivity contribution in [1.82, 2.24) is 24.3 Å².